The molecule has 1 aromatic heterocycles. The van der Waals surface area contributed by atoms with Crippen molar-refractivity contribution in [1.82, 2.24) is 14.1 Å². The normalized spacial score (nSPS) is 13.7. The highest BCUT2D eigenvalue weighted by Crippen LogP contribution is 2.29. The van der Waals surface area contributed by atoms with Gasteiger partial charge in [-0.2, -0.15) is 9.40 Å². The maximum Gasteiger partial charge on any atom is 0.258 e. The molecular formula is C30H32N4O3S. The molecule has 0 aliphatic carbocycles. The predicted octanol–water partition coefficient (Wildman–Crippen LogP) is 4.97. The van der Waals surface area contributed by atoms with Crippen LogP contribution in [0.15, 0.2) is 89.8 Å². The number of amides is 1. The number of para-hydroxylation sites is 1. The highest BCUT2D eigenvalue weighted by Gasteiger charge is 2.33. The Balaban J connectivity index is 1.46. The fraction of sp³-hybridized carbons (Fsp3) is 0.267. The van der Waals surface area contributed by atoms with Gasteiger partial charge in [-0.25, -0.2) is 8.42 Å². The van der Waals surface area contributed by atoms with Gasteiger partial charge in [-0.3, -0.25) is 9.48 Å². The smallest absolute Gasteiger partial charge is 0.258 e. The number of hydrogen-bond acceptors (Lipinski definition) is 4. The topological polar surface area (TPSA) is 75.5 Å². The number of nitrogens with zero attached hydrogens (tertiary/aromatic N) is 4. The molecule has 5 rings (SSSR count). The maximum absolute atomic E-state index is 13.6. The molecule has 0 spiro atoms. The third-order valence-electron chi connectivity index (χ3n) is 7.03. The van der Waals surface area contributed by atoms with E-state index in [0.29, 0.717) is 29.1 Å². The second-order valence-corrected chi connectivity index (χ2v) is 11.5. The molecule has 0 fully saturated rings. The van der Waals surface area contributed by atoms with Crippen molar-refractivity contribution in [2.75, 3.05) is 11.4 Å². The zero-order valence-corrected chi connectivity index (χ0v) is 22.6. The Labute approximate surface area is 224 Å². The van der Waals surface area contributed by atoms with Gasteiger partial charge in [0.15, 0.2) is 0 Å². The van der Waals surface area contributed by atoms with E-state index in [1.54, 1.807) is 29.2 Å². The number of carbonyl (C=O) groups excluding carboxylic acids is 1. The lowest BCUT2D eigenvalue weighted by Gasteiger charge is -2.28. The second kappa shape index (κ2) is 10.9. The summed E-state index contributed by atoms with van der Waals surface area (Å²) in [6.45, 7) is 2.95. The number of hydrogen-bond donors (Lipinski definition) is 0. The van der Waals surface area contributed by atoms with E-state index in [9.17, 15) is 13.2 Å². The summed E-state index contributed by atoms with van der Waals surface area (Å²) in [7, 11) is -1.79. The van der Waals surface area contributed by atoms with E-state index in [4.69, 9.17) is 5.10 Å². The predicted molar refractivity (Wildman–Crippen MR) is 148 cm³/mol. The van der Waals surface area contributed by atoms with Crippen molar-refractivity contribution in [2.45, 2.75) is 44.2 Å². The van der Waals surface area contributed by atoms with Crippen molar-refractivity contribution in [1.29, 1.82) is 0 Å². The molecule has 0 atom stereocenters. The van der Waals surface area contributed by atoms with Crippen LogP contribution in [-0.2, 0) is 43.0 Å². The van der Waals surface area contributed by atoms with Crippen molar-refractivity contribution in [3.63, 3.8) is 0 Å². The SMILES string of the molecule is CCCc1ccc(S(=O)(=O)N2CCc3c(c(CN(C(=O)c4ccccc4)c4ccccc4)nn3C)C2)cc1. The van der Waals surface area contributed by atoms with Gasteiger partial charge in [-0.05, 0) is 48.4 Å². The third kappa shape index (κ3) is 5.14. The molecule has 8 heteroatoms. The van der Waals surface area contributed by atoms with Crippen molar-refractivity contribution in [2.24, 2.45) is 7.05 Å². The molecule has 1 amide bonds. The fourth-order valence-electron chi connectivity index (χ4n) is 5.02. The van der Waals surface area contributed by atoms with Crippen molar-refractivity contribution < 1.29 is 13.2 Å². The first kappa shape index (κ1) is 25.9. The summed E-state index contributed by atoms with van der Waals surface area (Å²) in [4.78, 5) is 15.6. The Morgan fingerprint density at radius 2 is 1.61 bits per heavy atom. The largest absolute Gasteiger partial charge is 0.302 e. The fourth-order valence-corrected chi connectivity index (χ4v) is 6.43. The third-order valence-corrected chi connectivity index (χ3v) is 8.89. The number of fused-ring (bicyclic) bond motifs is 1. The molecule has 0 unspecified atom stereocenters. The Hall–Kier alpha value is -3.75. The molecule has 0 radical (unpaired) electrons. The molecule has 7 nitrogen and oxygen atoms in total. The van der Waals surface area contributed by atoms with Crippen LogP contribution < -0.4 is 4.90 Å². The summed E-state index contributed by atoms with van der Waals surface area (Å²) >= 11 is 0. The summed E-state index contributed by atoms with van der Waals surface area (Å²) in [5, 5.41) is 4.76. The number of aryl methyl sites for hydroxylation is 2. The zero-order valence-electron chi connectivity index (χ0n) is 21.7. The van der Waals surface area contributed by atoms with Crippen LogP contribution in [0.3, 0.4) is 0 Å². The lowest BCUT2D eigenvalue weighted by molar-refractivity contribution is 0.0984. The molecule has 196 valence electrons. The van der Waals surface area contributed by atoms with Crippen LogP contribution in [0.4, 0.5) is 5.69 Å². The monoisotopic (exact) mass is 528 g/mol. The lowest BCUT2D eigenvalue weighted by atomic mass is 10.1. The van der Waals surface area contributed by atoms with Crippen LogP contribution in [0.2, 0.25) is 0 Å². The van der Waals surface area contributed by atoms with Gasteiger partial charge < -0.3 is 4.90 Å². The molecule has 38 heavy (non-hydrogen) atoms. The van der Waals surface area contributed by atoms with Crippen LogP contribution in [0.5, 0.6) is 0 Å². The Morgan fingerprint density at radius 3 is 2.26 bits per heavy atom. The molecule has 4 aromatic rings. The Morgan fingerprint density at radius 1 is 0.947 bits per heavy atom. The molecular weight excluding hydrogens is 496 g/mol. The van der Waals surface area contributed by atoms with Crippen LogP contribution in [-0.4, -0.2) is 35.0 Å². The van der Waals surface area contributed by atoms with Gasteiger partial charge in [0.2, 0.25) is 10.0 Å². The van der Waals surface area contributed by atoms with Crippen LogP contribution in [0.25, 0.3) is 0 Å². The molecule has 3 aromatic carbocycles. The minimum absolute atomic E-state index is 0.136. The molecule has 1 aliphatic rings. The summed E-state index contributed by atoms with van der Waals surface area (Å²) < 4.78 is 30.5. The van der Waals surface area contributed by atoms with E-state index >= 15 is 0 Å². The van der Waals surface area contributed by atoms with E-state index in [0.717, 1.165) is 35.3 Å². The van der Waals surface area contributed by atoms with E-state index in [2.05, 4.69) is 6.92 Å². The van der Waals surface area contributed by atoms with Crippen LogP contribution >= 0.6 is 0 Å². The number of aromatic nitrogens is 2. The first-order valence-electron chi connectivity index (χ1n) is 12.9. The number of anilines is 1. The van der Waals surface area contributed by atoms with Crippen molar-refractivity contribution >= 4 is 21.6 Å². The van der Waals surface area contributed by atoms with Crippen LogP contribution in [0.1, 0.15) is 46.2 Å². The highest BCUT2D eigenvalue weighted by atomic mass is 32.2. The molecule has 0 N–H and O–H groups in total. The van der Waals surface area contributed by atoms with Gasteiger partial charge in [0, 0.05) is 49.1 Å². The average Bonchev–Trinajstić information content (AvgIpc) is 3.27. The van der Waals surface area contributed by atoms with Crippen LogP contribution in [0, 0.1) is 0 Å². The molecule has 2 heterocycles. The molecule has 0 bridgehead atoms. The quantitative estimate of drug-likeness (QED) is 0.324. The average molecular weight is 529 g/mol. The summed E-state index contributed by atoms with van der Waals surface area (Å²) in [5.41, 5.74) is 5.04. The van der Waals surface area contributed by atoms with Gasteiger partial charge in [0.1, 0.15) is 0 Å². The lowest BCUT2D eigenvalue weighted by Crippen LogP contribution is -2.37. The van der Waals surface area contributed by atoms with E-state index in [1.165, 1.54) is 4.31 Å². The van der Waals surface area contributed by atoms with E-state index in [-0.39, 0.29) is 19.0 Å². The molecule has 0 saturated heterocycles. The Bertz CT molecular complexity index is 1520. The van der Waals surface area contributed by atoms with Gasteiger partial charge in [-0.15, -0.1) is 0 Å². The molecule has 1 aliphatic heterocycles. The zero-order chi connectivity index (χ0) is 26.7. The van der Waals surface area contributed by atoms with E-state index in [1.807, 2.05) is 72.4 Å². The van der Waals surface area contributed by atoms with Gasteiger partial charge in [-0.1, -0.05) is 61.9 Å². The number of benzene rings is 3. The van der Waals surface area contributed by atoms with Gasteiger partial charge in [0.25, 0.3) is 5.91 Å². The van der Waals surface area contributed by atoms with Gasteiger partial charge >= 0.3 is 0 Å². The number of rotatable bonds is 8. The standard InChI is InChI=1S/C30H32N4O3S/c1-3-10-23-15-17-26(18-16-23)38(36,37)33-20-19-29-27(21-33)28(31-32(29)2)22-34(25-13-8-5-9-14-25)30(35)24-11-6-4-7-12-24/h4-9,11-18H,3,10,19-22H2,1-2H3. The van der Waals surface area contributed by atoms with E-state index < -0.39 is 10.0 Å². The number of sulfonamides is 1. The second-order valence-electron chi connectivity index (χ2n) is 9.57. The summed E-state index contributed by atoms with van der Waals surface area (Å²) in [5.74, 6) is -0.136. The first-order chi connectivity index (χ1) is 18.4. The minimum atomic E-state index is -3.67. The Kier molecular flexibility index (Phi) is 7.44. The minimum Gasteiger partial charge on any atom is -0.302 e. The van der Waals surface area contributed by atoms with Crippen molar-refractivity contribution in [3.05, 3.63) is 113 Å². The van der Waals surface area contributed by atoms with Gasteiger partial charge in [0.05, 0.1) is 17.1 Å². The first-order valence-corrected chi connectivity index (χ1v) is 14.4. The van der Waals surface area contributed by atoms with Crippen molar-refractivity contribution in [3.8, 4) is 0 Å². The summed E-state index contributed by atoms with van der Waals surface area (Å²) in [6, 6.07) is 25.9. The summed E-state index contributed by atoms with van der Waals surface area (Å²) in [6.07, 6.45) is 2.49. The number of carbonyl (C=O) groups is 1. The maximum atomic E-state index is 13.6. The molecule has 0 saturated carbocycles. The highest BCUT2D eigenvalue weighted by molar-refractivity contribution is 7.89.